The molecule has 0 bridgehead atoms. The van der Waals surface area contributed by atoms with Crippen LogP contribution < -0.4 is 5.32 Å². The molecule has 3 unspecified atom stereocenters. The molecule has 0 aromatic rings. The van der Waals surface area contributed by atoms with Crippen LogP contribution >= 0.6 is 0 Å². The van der Waals surface area contributed by atoms with E-state index in [1.807, 2.05) is 0 Å². The Balaban J connectivity index is 1.67. The number of hydrogen-bond donors (Lipinski definition) is 1. The Morgan fingerprint density at radius 1 is 1.00 bits per heavy atom. The summed E-state index contributed by atoms with van der Waals surface area (Å²) in [6, 6.07) is 0.842. The third-order valence-corrected chi connectivity index (χ3v) is 4.68. The van der Waals surface area contributed by atoms with Gasteiger partial charge in [0, 0.05) is 6.04 Å². The van der Waals surface area contributed by atoms with Gasteiger partial charge in [-0.3, -0.25) is 0 Å². The zero-order valence-corrected chi connectivity index (χ0v) is 11.2. The van der Waals surface area contributed by atoms with Gasteiger partial charge < -0.3 is 5.32 Å². The molecule has 2 aliphatic rings. The molecule has 0 aromatic heterocycles. The summed E-state index contributed by atoms with van der Waals surface area (Å²) < 4.78 is 0. The van der Waals surface area contributed by atoms with E-state index < -0.39 is 0 Å². The van der Waals surface area contributed by atoms with Crippen LogP contribution in [0.1, 0.15) is 65.2 Å². The number of hydrogen-bond acceptors (Lipinski definition) is 1. The first-order chi connectivity index (χ1) is 7.85. The Labute approximate surface area is 101 Å². The fourth-order valence-electron chi connectivity index (χ4n) is 3.65. The van der Waals surface area contributed by atoms with Crippen molar-refractivity contribution in [1.82, 2.24) is 5.32 Å². The van der Waals surface area contributed by atoms with E-state index in [0.717, 1.165) is 30.3 Å². The molecule has 94 valence electrons. The van der Waals surface area contributed by atoms with E-state index >= 15 is 0 Å². The molecule has 16 heavy (non-hydrogen) atoms. The second-order valence-corrected chi connectivity index (χ2v) is 6.00. The molecule has 3 atom stereocenters. The first-order valence-corrected chi connectivity index (χ1v) is 7.58. The Hall–Kier alpha value is -0.0400. The molecule has 0 amide bonds. The lowest BCUT2D eigenvalue weighted by Crippen LogP contribution is -2.35. The van der Waals surface area contributed by atoms with Gasteiger partial charge in [-0.05, 0) is 50.0 Å². The molecule has 0 heterocycles. The van der Waals surface area contributed by atoms with Crippen molar-refractivity contribution >= 4 is 0 Å². The molecule has 2 saturated carbocycles. The highest BCUT2D eigenvalue weighted by Gasteiger charge is 2.47. The minimum atomic E-state index is 0.842. The van der Waals surface area contributed by atoms with E-state index in [9.17, 15) is 0 Å². The third kappa shape index (κ3) is 3.23. The first kappa shape index (κ1) is 12.4. The van der Waals surface area contributed by atoms with Crippen LogP contribution in [0.4, 0.5) is 0 Å². The van der Waals surface area contributed by atoms with Crippen LogP contribution in [0.5, 0.6) is 0 Å². The van der Waals surface area contributed by atoms with Gasteiger partial charge in [0.05, 0.1) is 0 Å². The van der Waals surface area contributed by atoms with Crippen molar-refractivity contribution in [2.45, 2.75) is 71.3 Å². The lowest BCUT2D eigenvalue weighted by atomic mass is 9.90. The molecule has 0 saturated heterocycles. The molecule has 1 nitrogen and oxygen atoms in total. The van der Waals surface area contributed by atoms with Gasteiger partial charge in [0.15, 0.2) is 0 Å². The van der Waals surface area contributed by atoms with E-state index in [0.29, 0.717) is 0 Å². The molecular formula is C15H29N. The molecule has 1 heteroatoms. The minimum absolute atomic E-state index is 0.842. The second kappa shape index (κ2) is 6.05. The summed E-state index contributed by atoms with van der Waals surface area (Å²) >= 11 is 0. The quantitative estimate of drug-likeness (QED) is 0.614. The molecule has 2 rings (SSSR count). The van der Waals surface area contributed by atoms with Crippen molar-refractivity contribution < 1.29 is 0 Å². The van der Waals surface area contributed by atoms with Gasteiger partial charge in [0.1, 0.15) is 0 Å². The van der Waals surface area contributed by atoms with E-state index in [1.54, 1.807) is 6.42 Å². The number of fused-ring (bicyclic) bond motifs is 1. The summed E-state index contributed by atoms with van der Waals surface area (Å²) in [5.41, 5.74) is 0. The van der Waals surface area contributed by atoms with Crippen molar-refractivity contribution in [3.05, 3.63) is 0 Å². The van der Waals surface area contributed by atoms with Gasteiger partial charge in [-0.2, -0.15) is 0 Å². The maximum absolute atomic E-state index is 3.74. The van der Waals surface area contributed by atoms with Crippen LogP contribution in [0.2, 0.25) is 0 Å². The fourth-order valence-corrected chi connectivity index (χ4v) is 3.65. The standard InChI is InChI=1S/C15H29N/c1-3-5-6-7-8-15(16-4-2)14-10-12-9-13(12)11-14/h12-16H,3-11H2,1-2H3. The zero-order valence-electron chi connectivity index (χ0n) is 11.2. The highest BCUT2D eigenvalue weighted by Crippen LogP contribution is 2.55. The molecular weight excluding hydrogens is 194 g/mol. The third-order valence-electron chi connectivity index (χ3n) is 4.68. The highest BCUT2D eigenvalue weighted by molar-refractivity contribution is 4.99. The monoisotopic (exact) mass is 223 g/mol. The molecule has 0 aliphatic heterocycles. The van der Waals surface area contributed by atoms with Gasteiger partial charge in [-0.25, -0.2) is 0 Å². The Bertz CT molecular complexity index is 192. The van der Waals surface area contributed by atoms with Crippen molar-refractivity contribution in [2.75, 3.05) is 6.54 Å². The maximum atomic E-state index is 3.74. The fraction of sp³-hybridized carbons (Fsp3) is 1.00. The summed E-state index contributed by atoms with van der Waals surface area (Å²) in [6.07, 6.45) is 11.7. The molecule has 2 aliphatic carbocycles. The molecule has 0 spiro atoms. The maximum Gasteiger partial charge on any atom is 0.00954 e. The van der Waals surface area contributed by atoms with Crippen molar-refractivity contribution in [2.24, 2.45) is 17.8 Å². The predicted octanol–water partition coefficient (Wildman–Crippen LogP) is 3.98. The van der Waals surface area contributed by atoms with Gasteiger partial charge in [-0.15, -0.1) is 0 Å². The molecule has 0 aromatic carbocycles. The lowest BCUT2D eigenvalue weighted by Gasteiger charge is -2.25. The van der Waals surface area contributed by atoms with Gasteiger partial charge in [0.2, 0.25) is 0 Å². The van der Waals surface area contributed by atoms with Crippen LogP contribution in [0, 0.1) is 17.8 Å². The average molecular weight is 223 g/mol. The summed E-state index contributed by atoms with van der Waals surface area (Å²) in [7, 11) is 0. The van der Waals surface area contributed by atoms with E-state index in [-0.39, 0.29) is 0 Å². The van der Waals surface area contributed by atoms with Gasteiger partial charge in [-0.1, -0.05) is 39.5 Å². The van der Waals surface area contributed by atoms with Crippen LogP contribution in [-0.2, 0) is 0 Å². The Morgan fingerprint density at radius 3 is 2.38 bits per heavy atom. The predicted molar refractivity (Wildman–Crippen MR) is 70.5 cm³/mol. The normalized spacial score (nSPS) is 33.8. The zero-order chi connectivity index (χ0) is 11.4. The van der Waals surface area contributed by atoms with Crippen LogP contribution in [0.3, 0.4) is 0 Å². The Kier molecular flexibility index (Phi) is 4.69. The summed E-state index contributed by atoms with van der Waals surface area (Å²) in [6.45, 7) is 5.71. The second-order valence-electron chi connectivity index (χ2n) is 6.00. The summed E-state index contributed by atoms with van der Waals surface area (Å²) in [5, 5.41) is 3.74. The van der Waals surface area contributed by atoms with E-state index in [4.69, 9.17) is 0 Å². The van der Waals surface area contributed by atoms with Crippen molar-refractivity contribution in [3.8, 4) is 0 Å². The van der Waals surface area contributed by atoms with Crippen LogP contribution in [-0.4, -0.2) is 12.6 Å². The van der Waals surface area contributed by atoms with Crippen molar-refractivity contribution in [3.63, 3.8) is 0 Å². The summed E-state index contributed by atoms with van der Waals surface area (Å²) in [4.78, 5) is 0. The number of nitrogens with one attached hydrogen (secondary N) is 1. The smallest absolute Gasteiger partial charge is 0.00954 e. The lowest BCUT2D eigenvalue weighted by molar-refractivity contribution is 0.314. The molecule has 2 fully saturated rings. The molecule has 1 N–H and O–H groups in total. The van der Waals surface area contributed by atoms with Crippen molar-refractivity contribution in [1.29, 1.82) is 0 Å². The van der Waals surface area contributed by atoms with Gasteiger partial charge in [0.25, 0.3) is 0 Å². The SMILES string of the molecule is CCCCCCC(NCC)C1CC2CC2C1. The molecule has 0 radical (unpaired) electrons. The topological polar surface area (TPSA) is 12.0 Å². The number of unbranched alkanes of at least 4 members (excludes halogenated alkanes) is 3. The van der Waals surface area contributed by atoms with E-state index in [1.165, 1.54) is 44.9 Å². The average Bonchev–Trinajstić information content (AvgIpc) is 2.90. The Morgan fingerprint density at radius 2 is 1.75 bits per heavy atom. The summed E-state index contributed by atoms with van der Waals surface area (Å²) in [5.74, 6) is 3.30. The van der Waals surface area contributed by atoms with Crippen LogP contribution in [0.25, 0.3) is 0 Å². The number of rotatable bonds is 8. The first-order valence-electron chi connectivity index (χ1n) is 7.58. The van der Waals surface area contributed by atoms with E-state index in [2.05, 4.69) is 19.2 Å². The van der Waals surface area contributed by atoms with Crippen LogP contribution in [0.15, 0.2) is 0 Å². The minimum Gasteiger partial charge on any atom is -0.314 e. The largest absolute Gasteiger partial charge is 0.314 e. The highest BCUT2D eigenvalue weighted by atomic mass is 14.9. The van der Waals surface area contributed by atoms with Gasteiger partial charge >= 0.3 is 0 Å².